The molecule has 2 fully saturated rings. The van der Waals surface area contributed by atoms with Gasteiger partial charge in [-0.15, -0.1) is 0 Å². The van der Waals surface area contributed by atoms with E-state index in [4.69, 9.17) is 0 Å². The van der Waals surface area contributed by atoms with Crippen molar-refractivity contribution in [2.24, 2.45) is 5.92 Å². The normalized spacial score (nSPS) is 25.8. The van der Waals surface area contributed by atoms with E-state index in [1.165, 1.54) is 32.1 Å². The zero-order valence-electron chi connectivity index (χ0n) is 10.4. The van der Waals surface area contributed by atoms with Crippen LogP contribution in [0.3, 0.4) is 0 Å². The maximum absolute atomic E-state index is 12.1. The standard InChI is InChI=1S/C13H24N2O/c1-14-10-12-6-3-9-15(12)13(16)8-7-11-4-2-5-11/h11-12,14H,2-10H2,1H3. The van der Waals surface area contributed by atoms with Crippen LogP contribution in [0.5, 0.6) is 0 Å². The first-order valence-electron chi connectivity index (χ1n) is 6.75. The molecule has 0 aromatic heterocycles. The fourth-order valence-corrected chi connectivity index (χ4v) is 2.86. The van der Waals surface area contributed by atoms with Crippen LogP contribution in [-0.4, -0.2) is 37.0 Å². The third-order valence-corrected chi connectivity index (χ3v) is 4.13. The van der Waals surface area contributed by atoms with Gasteiger partial charge in [-0.25, -0.2) is 0 Å². The van der Waals surface area contributed by atoms with Crippen LogP contribution in [0.4, 0.5) is 0 Å². The summed E-state index contributed by atoms with van der Waals surface area (Å²) in [7, 11) is 1.97. The molecule has 0 bridgehead atoms. The summed E-state index contributed by atoms with van der Waals surface area (Å²) in [5.74, 6) is 1.25. The Morgan fingerprint density at radius 3 is 2.75 bits per heavy atom. The molecule has 1 saturated heterocycles. The summed E-state index contributed by atoms with van der Waals surface area (Å²) in [4.78, 5) is 14.2. The van der Waals surface area contributed by atoms with Crippen LogP contribution < -0.4 is 5.32 Å². The highest BCUT2D eigenvalue weighted by molar-refractivity contribution is 5.76. The second-order valence-corrected chi connectivity index (χ2v) is 5.28. The highest BCUT2D eigenvalue weighted by Gasteiger charge is 2.28. The molecule has 1 aliphatic heterocycles. The Morgan fingerprint density at radius 1 is 1.31 bits per heavy atom. The van der Waals surface area contributed by atoms with Crippen molar-refractivity contribution in [2.45, 2.75) is 51.0 Å². The summed E-state index contributed by atoms with van der Waals surface area (Å²) in [6, 6.07) is 0.457. The largest absolute Gasteiger partial charge is 0.338 e. The molecular formula is C13H24N2O. The van der Waals surface area contributed by atoms with Gasteiger partial charge in [0.05, 0.1) is 0 Å². The van der Waals surface area contributed by atoms with Crippen molar-refractivity contribution < 1.29 is 4.79 Å². The number of hydrogen-bond donors (Lipinski definition) is 1. The first kappa shape index (κ1) is 11.9. The van der Waals surface area contributed by atoms with Gasteiger partial charge in [0.15, 0.2) is 0 Å². The van der Waals surface area contributed by atoms with Crippen molar-refractivity contribution in [3.63, 3.8) is 0 Å². The van der Waals surface area contributed by atoms with Crippen molar-refractivity contribution in [3.05, 3.63) is 0 Å². The molecule has 1 aliphatic carbocycles. The Balaban J connectivity index is 1.73. The molecule has 92 valence electrons. The summed E-state index contributed by atoms with van der Waals surface area (Å²) in [5.41, 5.74) is 0. The van der Waals surface area contributed by atoms with Crippen molar-refractivity contribution in [3.8, 4) is 0 Å². The predicted octanol–water partition coefficient (Wildman–Crippen LogP) is 1.78. The van der Waals surface area contributed by atoms with Crippen LogP contribution in [0.15, 0.2) is 0 Å². The Morgan fingerprint density at radius 2 is 2.12 bits per heavy atom. The minimum atomic E-state index is 0.393. The number of amides is 1. The highest BCUT2D eigenvalue weighted by atomic mass is 16.2. The van der Waals surface area contributed by atoms with Crippen LogP contribution in [0.25, 0.3) is 0 Å². The molecule has 1 N–H and O–H groups in total. The lowest BCUT2D eigenvalue weighted by molar-refractivity contribution is -0.132. The van der Waals surface area contributed by atoms with Gasteiger partial charge in [-0.1, -0.05) is 19.3 Å². The van der Waals surface area contributed by atoms with Crippen molar-refractivity contribution in [1.82, 2.24) is 10.2 Å². The van der Waals surface area contributed by atoms with E-state index in [0.717, 1.165) is 31.8 Å². The molecule has 0 spiro atoms. The van der Waals surface area contributed by atoms with Crippen molar-refractivity contribution in [1.29, 1.82) is 0 Å². The monoisotopic (exact) mass is 224 g/mol. The number of hydrogen-bond acceptors (Lipinski definition) is 2. The molecule has 1 saturated carbocycles. The highest BCUT2D eigenvalue weighted by Crippen LogP contribution is 2.31. The zero-order chi connectivity index (χ0) is 11.4. The fourth-order valence-electron chi connectivity index (χ4n) is 2.86. The SMILES string of the molecule is CNCC1CCCN1C(=O)CCC1CCC1. The second-order valence-electron chi connectivity index (χ2n) is 5.28. The Labute approximate surface area is 98.6 Å². The lowest BCUT2D eigenvalue weighted by Gasteiger charge is -2.28. The van der Waals surface area contributed by atoms with E-state index in [1.807, 2.05) is 7.05 Å². The fraction of sp³-hybridized carbons (Fsp3) is 0.923. The van der Waals surface area contributed by atoms with E-state index >= 15 is 0 Å². The average Bonchev–Trinajstić information content (AvgIpc) is 2.64. The van der Waals surface area contributed by atoms with Gasteiger partial charge in [-0.05, 0) is 32.2 Å². The number of carbonyl (C=O) groups excluding carboxylic acids is 1. The van der Waals surface area contributed by atoms with Gasteiger partial charge in [0.1, 0.15) is 0 Å². The van der Waals surface area contributed by atoms with E-state index in [9.17, 15) is 4.79 Å². The number of rotatable bonds is 5. The number of likely N-dealkylation sites (N-methyl/N-ethyl adjacent to an activating group) is 1. The maximum atomic E-state index is 12.1. The summed E-state index contributed by atoms with van der Waals surface area (Å²) in [6.45, 7) is 1.94. The van der Waals surface area contributed by atoms with Gasteiger partial charge in [-0.2, -0.15) is 0 Å². The smallest absolute Gasteiger partial charge is 0.222 e. The van der Waals surface area contributed by atoms with Crippen LogP contribution in [-0.2, 0) is 4.79 Å². The number of nitrogens with zero attached hydrogens (tertiary/aromatic N) is 1. The predicted molar refractivity (Wildman–Crippen MR) is 65.2 cm³/mol. The molecule has 3 nitrogen and oxygen atoms in total. The first-order chi connectivity index (χ1) is 7.81. The van der Waals surface area contributed by atoms with E-state index in [1.54, 1.807) is 0 Å². The molecule has 1 atom stereocenters. The van der Waals surface area contributed by atoms with Gasteiger partial charge < -0.3 is 10.2 Å². The Hall–Kier alpha value is -0.570. The molecule has 2 aliphatic rings. The molecule has 0 aromatic rings. The van der Waals surface area contributed by atoms with Gasteiger partial charge in [0.25, 0.3) is 0 Å². The minimum absolute atomic E-state index is 0.393. The molecular weight excluding hydrogens is 200 g/mol. The van der Waals surface area contributed by atoms with Crippen molar-refractivity contribution >= 4 is 5.91 Å². The molecule has 0 aromatic carbocycles. The number of likely N-dealkylation sites (tertiary alicyclic amines) is 1. The van der Waals surface area contributed by atoms with E-state index in [-0.39, 0.29) is 0 Å². The quantitative estimate of drug-likeness (QED) is 0.772. The minimum Gasteiger partial charge on any atom is -0.338 e. The summed E-state index contributed by atoms with van der Waals surface area (Å²) in [5, 5.41) is 3.19. The molecule has 1 unspecified atom stereocenters. The molecule has 1 amide bonds. The van der Waals surface area contributed by atoms with E-state index < -0.39 is 0 Å². The molecule has 3 heteroatoms. The Kier molecular flexibility index (Phi) is 4.22. The van der Waals surface area contributed by atoms with Gasteiger partial charge >= 0.3 is 0 Å². The lowest BCUT2D eigenvalue weighted by atomic mass is 9.82. The molecule has 0 radical (unpaired) electrons. The topological polar surface area (TPSA) is 32.3 Å². The average molecular weight is 224 g/mol. The summed E-state index contributed by atoms with van der Waals surface area (Å²) < 4.78 is 0. The lowest BCUT2D eigenvalue weighted by Crippen LogP contribution is -2.41. The van der Waals surface area contributed by atoms with Gasteiger partial charge in [-0.3, -0.25) is 4.79 Å². The third-order valence-electron chi connectivity index (χ3n) is 4.13. The second kappa shape index (κ2) is 5.67. The van der Waals surface area contributed by atoms with Crippen LogP contribution in [0, 0.1) is 5.92 Å². The van der Waals surface area contributed by atoms with Gasteiger partial charge in [0, 0.05) is 25.6 Å². The number of nitrogens with one attached hydrogen (secondary N) is 1. The van der Waals surface area contributed by atoms with Crippen LogP contribution in [0.1, 0.15) is 44.9 Å². The van der Waals surface area contributed by atoms with E-state index in [2.05, 4.69) is 10.2 Å². The summed E-state index contributed by atoms with van der Waals surface area (Å²) >= 11 is 0. The third kappa shape index (κ3) is 2.76. The van der Waals surface area contributed by atoms with Crippen LogP contribution >= 0.6 is 0 Å². The first-order valence-corrected chi connectivity index (χ1v) is 6.75. The summed E-state index contributed by atoms with van der Waals surface area (Å²) in [6.07, 6.45) is 8.36. The molecule has 1 heterocycles. The maximum Gasteiger partial charge on any atom is 0.222 e. The van der Waals surface area contributed by atoms with Gasteiger partial charge in [0.2, 0.25) is 5.91 Å². The van der Waals surface area contributed by atoms with Crippen molar-refractivity contribution in [2.75, 3.05) is 20.1 Å². The number of carbonyl (C=O) groups is 1. The van der Waals surface area contributed by atoms with Crippen LogP contribution in [0.2, 0.25) is 0 Å². The zero-order valence-corrected chi connectivity index (χ0v) is 10.4. The Bertz CT molecular complexity index is 238. The molecule has 2 rings (SSSR count). The van der Waals surface area contributed by atoms with E-state index in [0.29, 0.717) is 11.9 Å². The molecule has 16 heavy (non-hydrogen) atoms.